The first kappa shape index (κ1) is 24.2. The van der Waals surface area contributed by atoms with Crippen molar-refractivity contribution in [1.29, 1.82) is 0 Å². The molecule has 2 aliphatic rings. The highest BCUT2D eigenvalue weighted by molar-refractivity contribution is 5.86. The fourth-order valence-corrected chi connectivity index (χ4v) is 4.80. The van der Waals surface area contributed by atoms with E-state index in [1.807, 2.05) is 41.3 Å². The molecule has 182 valence electrons. The Bertz CT molecular complexity index is 895. The van der Waals surface area contributed by atoms with Crippen LogP contribution < -0.4 is 10.6 Å². The molecule has 7 heteroatoms. The van der Waals surface area contributed by atoms with Crippen molar-refractivity contribution >= 4 is 12.0 Å². The summed E-state index contributed by atoms with van der Waals surface area (Å²) in [4.78, 5) is 30.4. The summed E-state index contributed by atoms with van der Waals surface area (Å²) in [6.45, 7) is 5.99. The highest BCUT2D eigenvalue weighted by atomic mass is 16.5. The number of hydrogen-bond acceptors (Lipinski definition) is 5. The van der Waals surface area contributed by atoms with Crippen molar-refractivity contribution in [2.75, 3.05) is 45.8 Å². The molecule has 0 radical (unpaired) electrons. The number of ether oxygens (including phenoxy) is 1. The third-order valence-electron chi connectivity index (χ3n) is 6.84. The van der Waals surface area contributed by atoms with E-state index < -0.39 is 12.1 Å². The van der Waals surface area contributed by atoms with Gasteiger partial charge < -0.3 is 25.2 Å². The van der Waals surface area contributed by atoms with Gasteiger partial charge in [0, 0.05) is 32.7 Å². The topological polar surface area (TPSA) is 73.9 Å². The summed E-state index contributed by atoms with van der Waals surface area (Å²) in [5.74, 6) is 0.125. The molecular weight excluding hydrogens is 428 g/mol. The lowest BCUT2D eigenvalue weighted by atomic mass is 9.88. The van der Waals surface area contributed by atoms with Crippen LogP contribution in [-0.2, 0) is 22.6 Å². The molecular formula is C27H36N4O3. The number of hydrogen-bond donors (Lipinski definition) is 2. The summed E-state index contributed by atoms with van der Waals surface area (Å²) in [5.41, 5.74) is 2.27. The minimum atomic E-state index is -0.544. The zero-order valence-corrected chi connectivity index (χ0v) is 19.8. The number of alkyl carbamates (subject to hydrolysis) is 1. The number of carbonyl (C=O) groups excluding carboxylic acids is 2. The number of amides is 2. The Morgan fingerprint density at radius 3 is 2.18 bits per heavy atom. The fraction of sp³-hybridized carbons (Fsp3) is 0.481. The van der Waals surface area contributed by atoms with Gasteiger partial charge in [-0.3, -0.25) is 4.79 Å². The van der Waals surface area contributed by atoms with Gasteiger partial charge in [0.05, 0.1) is 0 Å². The lowest BCUT2D eigenvalue weighted by Crippen LogP contribution is -2.57. The van der Waals surface area contributed by atoms with Crippen molar-refractivity contribution in [2.45, 2.75) is 31.9 Å². The van der Waals surface area contributed by atoms with E-state index in [-0.39, 0.29) is 18.4 Å². The molecule has 2 fully saturated rings. The summed E-state index contributed by atoms with van der Waals surface area (Å²) in [5, 5.41) is 6.22. The number of rotatable bonds is 8. The second-order valence-corrected chi connectivity index (χ2v) is 9.17. The molecule has 0 saturated carbocycles. The van der Waals surface area contributed by atoms with Crippen molar-refractivity contribution in [3.05, 3.63) is 71.8 Å². The van der Waals surface area contributed by atoms with E-state index in [1.165, 1.54) is 5.56 Å². The van der Waals surface area contributed by atoms with Gasteiger partial charge in [-0.15, -0.1) is 0 Å². The maximum Gasteiger partial charge on any atom is 0.408 e. The molecule has 2 aromatic carbocycles. The van der Waals surface area contributed by atoms with E-state index in [2.05, 4.69) is 39.8 Å². The van der Waals surface area contributed by atoms with Crippen molar-refractivity contribution < 1.29 is 14.3 Å². The van der Waals surface area contributed by atoms with E-state index in [1.54, 1.807) is 0 Å². The van der Waals surface area contributed by atoms with Crippen molar-refractivity contribution in [3.8, 4) is 0 Å². The van der Waals surface area contributed by atoms with Crippen molar-refractivity contribution in [2.24, 2.45) is 5.92 Å². The molecule has 0 unspecified atom stereocenters. The standard InChI is InChI=1S/C27H36N4O3/c32-26(31-19-14-28-15-20-31)25(29-27(33)34-21-23-9-5-2-6-10-23)24-12-17-30(18-13-24)16-11-22-7-3-1-4-8-22/h1-10,24-25,28H,11-21H2,(H,29,33)/t25-/m1/s1. The summed E-state index contributed by atoms with van der Waals surface area (Å²) in [7, 11) is 0. The molecule has 2 amide bonds. The highest BCUT2D eigenvalue weighted by Gasteiger charge is 2.35. The summed E-state index contributed by atoms with van der Waals surface area (Å²) < 4.78 is 5.45. The van der Waals surface area contributed by atoms with Gasteiger partial charge in [0.2, 0.25) is 5.91 Å². The summed E-state index contributed by atoms with van der Waals surface area (Å²) in [6.07, 6.45) is 2.27. The molecule has 0 aliphatic carbocycles. The molecule has 0 aromatic heterocycles. The molecule has 2 aliphatic heterocycles. The van der Waals surface area contributed by atoms with Crippen LogP contribution in [0.15, 0.2) is 60.7 Å². The van der Waals surface area contributed by atoms with Crippen LogP contribution in [0.2, 0.25) is 0 Å². The van der Waals surface area contributed by atoms with Crippen LogP contribution >= 0.6 is 0 Å². The molecule has 7 nitrogen and oxygen atoms in total. The van der Waals surface area contributed by atoms with Crippen LogP contribution in [0, 0.1) is 5.92 Å². The van der Waals surface area contributed by atoms with Gasteiger partial charge in [-0.1, -0.05) is 60.7 Å². The number of nitrogens with zero attached hydrogens (tertiary/aromatic N) is 2. The van der Waals surface area contributed by atoms with Crippen LogP contribution in [0.25, 0.3) is 0 Å². The lowest BCUT2D eigenvalue weighted by Gasteiger charge is -2.38. The SMILES string of the molecule is O=C(N[C@@H](C(=O)N1CCNCC1)C1CCN(CCc2ccccc2)CC1)OCc1ccccc1. The first-order chi connectivity index (χ1) is 16.7. The monoisotopic (exact) mass is 464 g/mol. The van der Waals surface area contributed by atoms with Crippen LogP contribution in [0.1, 0.15) is 24.0 Å². The maximum atomic E-state index is 13.4. The zero-order valence-electron chi connectivity index (χ0n) is 19.8. The first-order valence-electron chi connectivity index (χ1n) is 12.4. The van der Waals surface area contributed by atoms with Crippen molar-refractivity contribution in [1.82, 2.24) is 20.4 Å². The predicted octanol–water partition coefficient (Wildman–Crippen LogP) is 2.67. The lowest BCUT2D eigenvalue weighted by molar-refractivity contribution is -0.135. The first-order valence-corrected chi connectivity index (χ1v) is 12.4. The average molecular weight is 465 g/mol. The van der Waals surface area contributed by atoms with Gasteiger partial charge >= 0.3 is 6.09 Å². The van der Waals surface area contributed by atoms with E-state index >= 15 is 0 Å². The maximum absolute atomic E-state index is 13.4. The van der Waals surface area contributed by atoms with E-state index in [0.717, 1.165) is 57.5 Å². The van der Waals surface area contributed by atoms with E-state index in [0.29, 0.717) is 13.1 Å². The Morgan fingerprint density at radius 1 is 0.912 bits per heavy atom. The molecule has 2 N–H and O–H groups in total. The number of piperazine rings is 1. The van der Waals surface area contributed by atoms with Crippen LogP contribution in [0.5, 0.6) is 0 Å². The number of benzene rings is 2. The van der Waals surface area contributed by atoms with Gasteiger partial charge in [-0.2, -0.15) is 0 Å². The molecule has 1 atom stereocenters. The minimum Gasteiger partial charge on any atom is -0.445 e. The number of nitrogens with one attached hydrogen (secondary N) is 2. The predicted molar refractivity (Wildman–Crippen MR) is 132 cm³/mol. The van der Waals surface area contributed by atoms with E-state index in [9.17, 15) is 9.59 Å². The molecule has 2 heterocycles. The molecule has 2 aromatic rings. The Hall–Kier alpha value is -2.90. The molecule has 0 bridgehead atoms. The molecule has 34 heavy (non-hydrogen) atoms. The fourth-order valence-electron chi connectivity index (χ4n) is 4.80. The van der Waals surface area contributed by atoms with E-state index in [4.69, 9.17) is 4.74 Å². The minimum absolute atomic E-state index is 0.0147. The second kappa shape index (κ2) is 12.5. The van der Waals surface area contributed by atoms with Crippen molar-refractivity contribution in [3.63, 3.8) is 0 Å². The second-order valence-electron chi connectivity index (χ2n) is 9.17. The van der Waals surface area contributed by atoms with Crippen LogP contribution in [-0.4, -0.2) is 73.7 Å². The Kier molecular flexibility index (Phi) is 8.93. The zero-order chi connectivity index (χ0) is 23.6. The quantitative estimate of drug-likeness (QED) is 0.628. The smallest absolute Gasteiger partial charge is 0.408 e. The highest BCUT2D eigenvalue weighted by Crippen LogP contribution is 2.23. The van der Waals surface area contributed by atoms with Crippen LogP contribution in [0.3, 0.4) is 0 Å². The Labute approximate surface area is 202 Å². The van der Waals surface area contributed by atoms with Gasteiger partial charge in [-0.25, -0.2) is 4.79 Å². The van der Waals surface area contributed by atoms with Gasteiger partial charge in [-0.05, 0) is 49.4 Å². The average Bonchev–Trinajstić information content (AvgIpc) is 2.91. The van der Waals surface area contributed by atoms with Gasteiger partial charge in [0.1, 0.15) is 12.6 Å². The van der Waals surface area contributed by atoms with Gasteiger partial charge in [0.25, 0.3) is 0 Å². The number of carbonyl (C=O) groups is 2. The Balaban J connectivity index is 1.32. The number of piperidine rings is 1. The third-order valence-corrected chi connectivity index (χ3v) is 6.84. The summed E-state index contributed by atoms with van der Waals surface area (Å²) >= 11 is 0. The normalized spacial score (nSPS) is 18.3. The van der Waals surface area contributed by atoms with Crippen LogP contribution in [0.4, 0.5) is 4.79 Å². The molecule has 4 rings (SSSR count). The third kappa shape index (κ3) is 7.05. The Morgan fingerprint density at radius 2 is 1.53 bits per heavy atom. The summed E-state index contributed by atoms with van der Waals surface area (Å²) in [6, 6.07) is 19.6. The number of likely N-dealkylation sites (tertiary alicyclic amines) is 1. The molecule has 0 spiro atoms. The molecule has 2 saturated heterocycles. The largest absolute Gasteiger partial charge is 0.445 e. The van der Waals surface area contributed by atoms with Gasteiger partial charge in [0.15, 0.2) is 0 Å².